The molecule has 0 saturated carbocycles. The molecule has 0 saturated heterocycles. The van der Waals surface area contributed by atoms with E-state index in [4.69, 9.17) is 4.74 Å². The highest BCUT2D eigenvalue weighted by molar-refractivity contribution is 5.95. The molecule has 0 atom stereocenters. The number of nitrogens with zero attached hydrogens (tertiary/aromatic N) is 4. The predicted octanol–water partition coefficient (Wildman–Crippen LogP) is 5.45. The van der Waals surface area contributed by atoms with Crippen LogP contribution in [0, 0.1) is 6.92 Å². The van der Waals surface area contributed by atoms with E-state index >= 15 is 0 Å². The van der Waals surface area contributed by atoms with Crippen LogP contribution in [0.1, 0.15) is 65.1 Å². The average Bonchev–Trinajstić information content (AvgIpc) is 2.82. The largest absolute Gasteiger partial charge is 0.479 e. The highest BCUT2D eigenvalue weighted by Crippen LogP contribution is 2.32. The Bertz CT molecular complexity index is 838. The number of para-hydroxylation sites is 1. The number of benzene rings is 1. The van der Waals surface area contributed by atoms with Crippen LogP contribution >= 0.6 is 0 Å². The monoisotopic (exact) mass is 455 g/mol. The maximum atomic E-state index is 12.8. The number of hydrogen-bond donors (Lipinski definition) is 1. The molecular formula is C26H41N5O2. The lowest BCUT2D eigenvalue weighted by Crippen LogP contribution is -2.28. The third kappa shape index (κ3) is 8.22. The Morgan fingerprint density at radius 1 is 0.909 bits per heavy atom. The minimum absolute atomic E-state index is 0.0308. The fraction of sp³-hybridized carbons (Fsp3) is 0.577. The summed E-state index contributed by atoms with van der Waals surface area (Å²) >= 11 is 0. The summed E-state index contributed by atoms with van der Waals surface area (Å²) in [5.41, 5.74) is 1.81. The van der Waals surface area contributed by atoms with Gasteiger partial charge in [-0.3, -0.25) is 4.79 Å². The summed E-state index contributed by atoms with van der Waals surface area (Å²) < 4.78 is 5.51. The SMILES string of the molecule is CCCN(CCCCC(=O)Nc1c(OC)nc(C)nc1N(CCC)CCC)c1ccccc1. The van der Waals surface area contributed by atoms with Gasteiger partial charge in [-0.25, -0.2) is 4.98 Å². The van der Waals surface area contributed by atoms with Crippen LogP contribution in [-0.4, -0.2) is 49.2 Å². The van der Waals surface area contributed by atoms with Crippen molar-refractivity contribution < 1.29 is 9.53 Å². The second-order valence-electron chi connectivity index (χ2n) is 8.29. The minimum atomic E-state index is -0.0308. The quantitative estimate of drug-likeness (QED) is 0.360. The summed E-state index contributed by atoms with van der Waals surface area (Å²) in [5, 5.41) is 3.06. The van der Waals surface area contributed by atoms with Crippen LogP contribution < -0.4 is 19.9 Å². The van der Waals surface area contributed by atoms with Gasteiger partial charge in [-0.05, 0) is 51.2 Å². The number of aromatic nitrogens is 2. The zero-order chi connectivity index (χ0) is 24.1. The first-order chi connectivity index (χ1) is 16.0. The van der Waals surface area contributed by atoms with Crippen LogP contribution in [0.2, 0.25) is 0 Å². The fourth-order valence-corrected chi connectivity index (χ4v) is 3.95. The Hall–Kier alpha value is -2.83. The molecule has 33 heavy (non-hydrogen) atoms. The van der Waals surface area contributed by atoms with E-state index in [1.807, 2.05) is 13.0 Å². The first-order valence-electron chi connectivity index (χ1n) is 12.3. The Morgan fingerprint density at radius 2 is 1.55 bits per heavy atom. The topological polar surface area (TPSA) is 70.6 Å². The number of unbranched alkanes of at least 4 members (excludes halogenated alkanes) is 1. The molecule has 7 heteroatoms. The van der Waals surface area contributed by atoms with Crippen molar-refractivity contribution in [2.75, 3.05) is 48.4 Å². The van der Waals surface area contributed by atoms with E-state index in [-0.39, 0.29) is 5.91 Å². The normalized spacial score (nSPS) is 10.7. The molecule has 0 spiro atoms. The van der Waals surface area contributed by atoms with Gasteiger partial charge in [0.05, 0.1) is 7.11 Å². The molecule has 7 nitrogen and oxygen atoms in total. The van der Waals surface area contributed by atoms with Gasteiger partial charge >= 0.3 is 0 Å². The number of nitrogens with one attached hydrogen (secondary N) is 1. The standard InChI is InChI=1S/C26H41N5O2/c1-6-17-30(22-14-10-9-11-15-22)20-13-12-16-23(32)29-24-25(31(18-7-2)19-8-3)27-21(4)28-26(24)33-5/h9-11,14-15H,6-8,12-13,16-20H2,1-5H3,(H,29,32). The van der Waals surface area contributed by atoms with E-state index in [1.165, 1.54) is 5.69 Å². The minimum Gasteiger partial charge on any atom is -0.479 e. The third-order valence-electron chi connectivity index (χ3n) is 5.41. The zero-order valence-corrected chi connectivity index (χ0v) is 21.1. The van der Waals surface area contributed by atoms with Crippen LogP contribution in [0.15, 0.2) is 30.3 Å². The number of hydrogen-bond acceptors (Lipinski definition) is 6. The van der Waals surface area contributed by atoms with Crippen molar-refractivity contribution in [3.05, 3.63) is 36.2 Å². The van der Waals surface area contributed by atoms with Gasteiger partial charge in [-0.15, -0.1) is 0 Å². The molecule has 0 aliphatic carbocycles. The van der Waals surface area contributed by atoms with Gasteiger partial charge in [0.15, 0.2) is 5.82 Å². The second-order valence-corrected chi connectivity index (χ2v) is 8.29. The maximum Gasteiger partial charge on any atom is 0.243 e. The van der Waals surface area contributed by atoms with Gasteiger partial charge in [-0.2, -0.15) is 4.98 Å². The van der Waals surface area contributed by atoms with Crippen LogP contribution in [0.3, 0.4) is 0 Å². The van der Waals surface area contributed by atoms with Crippen molar-refractivity contribution in [1.82, 2.24) is 9.97 Å². The number of methoxy groups -OCH3 is 1. The lowest BCUT2D eigenvalue weighted by Gasteiger charge is -2.26. The van der Waals surface area contributed by atoms with Gasteiger partial charge in [-0.1, -0.05) is 39.0 Å². The van der Waals surface area contributed by atoms with Crippen molar-refractivity contribution in [3.8, 4) is 5.88 Å². The van der Waals surface area contributed by atoms with Crippen LogP contribution in [0.25, 0.3) is 0 Å². The van der Waals surface area contributed by atoms with Crippen LogP contribution in [0.4, 0.5) is 17.2 Å². The Kier molecular flexibility index (Phi) is 11.5. The average molecular weight is 456 g/mol. The number of rotatable bonds is 15. The molecule has 0 unspecified atom stereocenters. The van der Waals surface area contributed by atoms with E-state index in [1.54, 1.807) is 7.11 Å². The number of amides is 1. The van der Waals surface area contributed by atoms with Crippen LogP contribution in [0.5, 0.6) is 5.88 Å². The fourth-order valence-electron chi connectivity index (χ4n) is 3.95. The zero-order valence-electron chi connectivity index (χ0n) is 21.1. The lowest BCUT2D eigenvalue weighted by molar-refractivity contribution is -0.116. The van der Waals surface area contributed by atoms with Crippen molar-refractivity contribution in [1.29, 1.82) is 0 Å². The van der Waals surface area contributed by atoms with Crippen molar-refractivity contribution in [3.63, 3.8) is 0 Å². The summed E-state index contributed by atoms with van der Waals surface area (Å²) in [5.74, 6) is 1.77. The number of aryl methyl sites for hydroxylation is 1. The van der Waals surface area contributed by atoms with Gasteiger partial charge in [0, 0.05) is 38.3 Å². The van der Waals surface area contributed by atoms with E-state index in [0.717, 1.165) is 64.1 Å². The molecule has 0 aliphatic rings. The molecule has 1 N–H and O–H groups in total. The Labute approximate surface area is 199 Å². The summed E-state index contributed by atoms with van der Waals surface area (Å²) in [4.78, 5) is 26.5. The molecule has 0 radical (unpaired) electrons. The number of ether oxygens (including phenoxy) is 1. The molecule has 1 heterocycles. The molecule has 1 amide bonds. The van der Waals surface area contributed by atoms with Gasteiger partial charge in [0.2, 0.25) is 11.8 Å². The Balaban J connectivity index is 2.02. The highest BCUT2D eigenvalue weighted by Gasteiger charge is 2.21. The van der Waals surface area contributed by atoms with E-state index < -0.39 is 0 Å². The van der Waals surface area contributed by atoms with Crippen LogP contribution in [-0.2, 0) is 4.79 Å². The van der Waals surface area contributed by atoms with E-state index in [9.17, 15) is 4.79 Å². The van der Waals surface area contributed by atoms with Gasteiger partial charge in [0.25, 0.3) is 0 Å². The van der Waals surface area contributed by atoms with Gasteiger partial charge < -0.3 is 19.9 Å². The van der Waals surface area contributed by atoms with E-state index in [2.05, 4.69) is 70.1 Å². The lowest BCUT2D eigenvalue weighted by atomic mass is 10.2. The van der Waals surface area contributed by atoms with E-state index in [0.29, 0.717) is 23.8 Å². The van der Waals surface area contributed by atoms with Crippen molar-refractivity contribution >= 4 is 23.1 Å². The third-order valence-corrected chi connectivity index (χ3v) is 5.41. The summed E-state index contributed by atoms with van der Waals surface area (Å²) in [6.07, 6.45) is 5.30. The molecule has 0 aliphatic heterocycles. The summed E-state index contributed by atoms with van der Waals surface area (Å²) in [6.45, 7) is 12.0. The molecule has 1 aromatic heterocycles. The van der Waals surface area contributed by atoms with Crippen molar-refractivity contribution in [2.24, 2.45) is 0 Å². The molecule has 2 aromatic rings. The molecule has 2 rings (SSSR count). The summed E-state index contributed by atoms with van der Waals surface area (Å²) in [7, 11) is 1.58. The maximum absolute atomic E-state index is 12.8. The highest BCUT2D eigenvalue weighted by atomic mass is 16.5. The van der Waals surface area contributed by atoms with Crippen molar-refractivity contribution in [2.45, 2.75) is 66.2 Å². The molecule has 182 valence electrons. The van der Waals surface area contributed by atoms with Gasteiger partial charge in [0.1, 0.15) is 11.5 Å². The Morgan fingerprint density at radius 3 is 2.15 bits per heavy atom. The first-order valence-corrected chi connectivity index (χ1v) is 12.3. The molecule has 1 aromatic carbocycles. The second kappa shape index (κ2) is 14.3. The smallest absolute Gasteiger partial charge is 0.243 e. The molecule has 0 bridgehead atoms. The number of carbonyl (C=O) groups is 1. The first kappa shape index (κ1) is 26.4. The summed E-state index contributed by atoms with van der Waals surface area (Å²) in [6, 6.07) is 10.5. The number of anilines is 3. The number of carbonyl (C=O) groups excluding carboxylic acids is 1. The molecular weight excluding hydrogens is 414 g/mol. The molecule has 0 fully saturated rings. The predicted molar refractivity (Wildman–Crippen MR) is 138 cm³/mol.